The lowest BCUT2D eigenvalue weighted by Gasteiger charge is -2.10. The summed E-state index contributed by atoms with van der Waals surface area (Å²) in [5, 5.41) is 0. The molecule has 0 aliphatic heterocycles. The molecule has 1 aromatic heterocycles. The first-order valence-corrected chi connectivity index (χ1v) is 5.08. The molecule has 1 heterocycles. The molecule has 0 fully saturated rings. The summed E-state index contributed by atoms with van der Waals surface area (Å²) in [6.45, 7) is 10.3. The van der Waals surface area contributed by atoms with E-state index < -0.39 is 0 Å². The summed E-state index contributed by atoms with van der Waals surface area (Å²) in [5.41, 5.74) is 0.743. The second kappa shape index (κ2) is 5.39. The Labute approximate surface area is 90.7 Å². The lowest BCUT2D eigenvalue weighted by atomic mass is 10.3. The second-order valence-corrected chi connectivity index (χ2v) is 3.40. The summed E-state index contributed by atoms with van der Waals surface area (Å²) in [4.78, 5) is 4.20. The molecule has 3 heteroatoms. The number of hydrogen-bond donors (Lipinski definition) is 0. The summed E-state index contributed by atoms with van der Waals surface area (Å²) in [6.07, 6.45) is 1.84. The number of rotatable bonds is 5. The maximum Gasteiger partial charge on any atom is 0.138 e. The lowest BCUT2D eigenvalue weighted by Crippen LogP contribution is -2.05. The van der Waals surface area contributed by atoms with Crippen LogP contribution in [0.4, 0.5) is 0 Å². The minimum atomic E-state index is 0.160. The molecule has 15 heavy (non-hydrogen) atoms. The van der Waals surface area contributed by atoms with Gasteiger partial charge in [-0.25, -0.2) is 4.98 Å². The van der Waals surface area contributed by atoms with Crippen LogP contribution in [0.15, 0.2) is 24.9 Å². The summed E-state index contributed by atoms with van der Waals surface area (Å²) >= 11 is 0. The molecule has 0 spiro atoms. The van der Waals surface area contributed by atoms with Crippen LogP contribution in [0.3, 0.4) is 0 Å². The Morgan fingerprint density at radius 2 is 2.20 bits per heavy atom. The first kappa shape index (κ1) is 11.6. The molecule has 3 nitrogen and oxygen atoms in total. The lowest BCUT2D eigenvalue weighted by molar-refractivity contribution is 0.241. The van der Waals surface area contributed by atoms with Crippen molar-refractivity contribution in [3.05, 3.63) is 30.6 Å². The normalized spacial score (nSPS) is 10.1. The molecule has 0 aliphatic carbocycles. The topological polar surface area (TPSA) is 31.4 Å². The summed E-state index contributed by atoms with van der Waals surface area (Å²) in [5.74, 6) is 1.35. The predicted molar refractivity (Wildman–Crippen MR) is 60.7 cm³/mol. The van der Waals surface area contributed by atoms with E-state index in [0.29, 0.717) is 12.4 Å². The molecule has 0 bridgehead atoms. The number of ether oxygens (including phenoxy) is 2. The maximum atomic E-state index is 5.48. The van der Waals surface area contributed by atoms with Gasteiger partial charge in [0.25, 0.3) is 0 Å². The third kappa shape index (κ3) is 3.62. The van der Waals surface area contributed by atoms with Gasteiger partial charge in [-0.1, -0.05) is 6.58 Å². The van der Waals surface area contributed by atoms with Crippen molar-refractivity contribution in [2.45, 2.75) is 26.9 Å². The number of aromatic nitrogens is 1. The van der Waals surface area contributed by atoms with E-state index >= 15 is 0 Å². The van der Waals surface area contributed by atoms with Gasteiger partial charge < -0.3 is 9.47 Å². The minimum absolute atomic E-state index is 0.160. The van der Waals surface area contributed by atoms with E-state index in [1.165, 1.54) is 0 Å². The highest BCUT2D eigenvalue weighted by Crippen LogP contribution is 2.16. The van der Waals surface area contributed by atoms with Gasteiger partial charge in [-0.2, -0.15) is 0 Å². The smallest absolute Gasteiger partial charge is 0.138 e. The Morgan fingerprint density at radius 3 is 2.67 bits per heavy atom. The summed E-state index contributed by atoms with van der Waals surface area (Å²) < 4.78 is 10.7. The van der Waals surface area contributed by atoms with Crippen LogP contribution < -0.4 is 4.74 Å². The van der Waals surface area contributed by atoms with Gasteiger partial charge >= 0.3 is 0 Å². The zero-order chi connectivity index (χ0) is 11.3. The molecular weight excluding hydrogens is 190 g/mol. The van der Waals surface area contributed by atoms with Gasteiger partial charge in [0.05, 0.1) is 18.9 Å². The van der Waals surface area contributed by atoms with Crippen LogP contribution in [0.1, 0.15) is 26.5 Å². The summed E-state index contributed by atoms with van der Waals surface area (Å²) in [6, 6.07) is 3.71. The first-order valence-electron chi connectivity index (χ1n) is 5.08. The second-order valence-electron chi connectivity index (χ2n) is 3.40. The van der Waals surface area contributed by atoms with Gasteiger partial charge in [0.15, 0.2) is 0 Å². The van der Waals surface area contributed by atoms with Crippen molar-refractivity contribution >= 4 is 5.76 Å². The van der Waals surface area contributed by atoms with E-state index in [1.54, 1.807) is 6.20 Å². The Morgan fingerprint density at radius 1 is 1.47 bits per heavy atom. The molecule has 0 N–H and O–H groups in total. The monoisotopic (exact) mass is 207 g/mol. The fourth-order valence-corrected chi connectivity index (χ4v) is 1.14. The molecule has 0 aromatic carbocycles. The predicted octanol–water partition coefficient (Wildman–Crippen LogP) is 2.88. The van der Waals surface area contributed by atoms with Crippen molar-refractivity contribution in [2.24, 2.45) is 0 Å². The molecule has 0 amide bonds. The van der Waals surface area contributed by atoms with Crippen molar-refractivity contribution in [1.29, 1.82) is 0 Å². The van der Waals surface area contributed by atoms with E-state index in [2.05, 4.69) is 11.6 Å². The van der Waals surface area contributed by atoms with Gasteiger partial charge in [0, 0.05) is 0 Å². The average Bonchev–Trinajstić information content (AvgIpc) is 2.18. The third-order valence-corrected chi connectivity index (χ3v) is 1.71. The molecule has 1 aromatic rings. The largest absolute Gasteiger partial charge is 0.492 e. The zero-order valence-corrected chi connectivity index (χ0v) is 9.49. The highest BCUT2D eigenvalue weighted by atomic mass is 16.5. The van der Waals surface area contributed by atoms with E-state index in [0.717, 1.165) is 11.4 Å². The molecule has 0 radical (unpaired) electrons. The maximum absolute atomic E-state index is 5.48. The quantitative estimate of drug-likeness (QED) is 0.696. The van der Waals surface area contributed by atoms with Crippen LogP contribution in [-0.2, 0) is 4.74 Å². The fraction of sp³-hybridized carbons (Fsp3) is 0.417. The Balaban J connectivity index is 2.67. The molecule has 0 aliphatic rings. The van der Waals surface area contributed by atoms with Crippen molar-refractivity contribution < 1.29 is 9.47 Å². The van der Waals surface area contributed by atoms with E-state index in [-0.39, 0.29) is 6.10 Å². The molecule has 0 saturated heterocycles. The minimum Gasteiger partial charge on any atom is -0.492 e. The number of nitrogens with zero attached hydrogens (tertiary/aromatic N) is 1. The molecule has 0 unspecified atom stereocenters. The van der Waals surface area contributed by atoms with E-state index in [4.69, 9.17) is 9.47 Å². The molecular formula is C12H17NO2. The van der Waals surface area contributed by atoms with Crippen LogP contribution in [0.5, 0.6) is 5.75 Å². The zero-order valence-electron chi connectivity index (χ0n) is 9.49. The first-order chi connectivity index (χ1) is 7.13. The van der Waals surface area contributed by atoms with Gasteiger partial charge in [0.1, 0.15) is 17.2 Å². The summed E-state index contributed by atoms with van der Waals surface area (Å²) in [7, 11) is 0. The van der Waals surface area contributed by atoms with Crippen LogP contribution in [-0.4, -0.2) is 17.7 Å². The van der Waals surface area contributed by atoms with Gasteiger partial charge in [-0.15, -0.1) is 0 Å². The van der Waals surface area contributed by atoms with E-state index in [9.17, 15) is 0 Å². The Kier molecular flexibility index (Phi) is 4.16. The number of pyridine rings is 1. The standard InChI is InChI=1S/C12H17NO2/c1-5-14-10(4)12-7-6-11(8-13-12)15-9(2)3/h6-9H,4-5H2,1-3H3. The van der Waals surface area contributed by atoms with Crippen molar-refractivity contribution in [2.75, 3.05) is 6.61 Å². The van der Waals surface area contributed by atoms with Crippen LogP contribution in [0, 0.1) is 0 Å². The third-order valence-electron chi connectivity index (χ3n) is 1.71. The van der Waals surface area contributed by atoms with Crippen LogP contribution >= 0.6 is 0 Å². The molecule has 82 valence electrons. The molecule has 0 atom stereocenters. The molecule has 1 rings (SSSR count). The Hall–Kier alpha value is -1.51. The average molecular weight is 207 g/mol. The van der Waals surface area contributed by atoms with Gasteiger partial charge in [0.2, 0.25) is 0 Å². The van der Waals surface area contributed by atoms with Crippen molar-refractivity contribution in [3.8, 4) is 5.75 Å². The number of hydrogen-bond acceptors (Lipinski definition) is 3. The van der Waals surface area contributed by atoms with Crippen molar-refractivity contribution in [3.63, 3.8) is 0 Å². The van der Waals surface area contributed by atoms with Gasteiger partial charge in [-0.3, -0.25) is 0 Å². The van der Waals surface area contributed by atoms with Crippen LogP contribution in [0.25, 0.3) is 5.76 Å². The highest BCUT2D eigenvalue weighted by molar-refractivity contribution is 5.53. The van der Waals surface area contributed by atoms with Crippen LogP contribution in [0.2, 0.25) is 0 Å². The Bertz CT molecular complexity index is 317. The van der Waals surface area contributed by atoms with Gasteiger partial charge in [-0.05, 0) is 32.9 Å². The fourth-order valence-electron chi connectivity index (χ4n) is 1.14. The highest BCUT2D eigenvalue weighted by Gasteiger charge is 2.02. The SMILES string of the molecule is C=C(OCC)c1ccc(OC(C)C)cn1. The van der Waals surface area contributed by atoms with E-state index in [1.807, 2.05) is 32.9 Å². The molecule has 0 saturated carbocycles. The van der Waals surface area contributed by atoms with Crippen molar-refractivity contribution in [1.82, 2.24) is 4.98 Å².